The van der Waals surface area contributed by atoms with Crippen LogP contribution in [-0.2, 0) is 13.1 Å². The normalized spacial score (nSPS) is 16.3. The summed E-state index contributed by atoms with van der Waals surface area (Å²) in [4.78, 5) is 5.14. The predicted octanol–water partition coefficient (Wildman–Crippen LogP) is 3.85. The molecule has 0 unspecified atom stereocenters. The zero-order valence-corrected chi connectivity index (χ0v) is 16.5. The molecule has 1 aliphatic rings. The summed E-state index contributed by atoms with van der Waals surface area (Å²) in [5.74, 6) is 1.50. The first kappa shape index (κ1) is 19.1. The molecule has 1 saturated heterocycles. The van der Waals surface area contributed by atoms with E-state index in [-0.39, 0.29) is 0 Å². The van der Waals surface area contributed by atoms with Gasteiger partial charge in [0.1, 0.15) is 0 Å². The van der Waals surface area contributed by atoms with Crippen molar-refractivity contribution < 1.29 is 0 Å². The van der Waals surface area contributed by atoms with Crippen molar-refractivity contribution in [3.05, 3.63) is 65.1 Å². The number of nitrogens with two attached hydrogens (primary N) is 1. The predicted molar refractivity (Wildman–Crippen MR) is 111 cm³/mol. The van der Waals surface area contributed by atoms with E-state index in [9.17, 15) is 0 Å². The van der Waals surface area contributed by atoms with Crippen molar-refractivity contribution in [2.45, 2.75) is 33.9 Å². The van der Waals surface area contributed by atoms with Gasteiger partial charge < -0.3 is 10.6 Å². The second-order valence-electron chi connectivity index (χ2n) is 7.81. The molecule has 139 valence electrons. The fourth-order valence-corrected chi connectivity index (χ4v) is 3.72. The van der Waals surface area contributed by atoms with E-state index in [4.69, 9.17) is 5.73 Å². The molecule has 0 aromatic heterocycles. The summed E-state index contributed by atoms with van der Waals surface area (Å²) in [5, 5.41) is 0. The van der Waals surface area contributed by atoms with Crippen LogP contribution < -0.4 is 5.73 Å². The molecule has 0 amide bonds. The van der Waals surface area contributed by atoms with E-state index in [0.29, 0.717) is 6.54 Å². The molecule has 0 saturated carbocycles. The molecule has 0 spiro atoms. The number of hydrogen-bond acceptors (Lipinski definition) is 3. The third-order valence-corrected chi connectivity index (χ3v) is 5.24. The van der Waals surface area contributed by atoms with Crippen LogP contribution in [0.2, 0.25) is 0 Å². The highest BCUT2D eigenvalue weighted by Crippen LogP contribution is 2.24. The summed E-state index contributed by atoms with van der Waals surface area (Å²) >= 11 is 0. The lowest BCUT2D eigenvalue weighted by Crippen LogP contribution is -2.46. The molecule has 1 radical (unpaired) electrons. The largest absolute Gasteiger partial charge is 0.326 e. The average molecular weight is 351 g/mol. The highest BCUT2D eigenvalue weighted by atomic mass is 15.3. The van der Waals surface area contributed by atoms with E-state index in [2.05, 4.69) is 73.0 Å². The minimum absolute atomic E-state index is 0.589. The van der Waals surface area contributed by atoms with Crippen LogP contribution in [0.1, 0.15) is 30.5 Å². The molecule has 1 aliphatic heterocycles. The summed E-state index contributed by atoms with van der Waals surface area (Å²) in [6.07, 6.45) is 0. The topological polar surface area (TPSA) is 32.5 Å². The van der Waals surface area contributed by atoms with Crippen LogP contribution in [0.25, 0.3) is 11.1 Å². The van der Waals surface area contributed by atoms with Crippen molar-refractivity contribution >= 4 is 0 Å². The molecule has 0 atom stereocenters. The molecule has 3 nitrogen and oxygen atoms in total. The van der Waals surface area contributed by atoms with Gasteiger partial charge in [0.2, 0.25) is 0 Å². The Balaban J connectivity index is 1.63. The van der Waals surface area contributed by atoms with Crippen molar-refractivity contribution in [3.8, 4) is 11.1 Å². The fraction of sp³-hybridized carbons (Fsp3) is 0.435. The highest BCUT2D eigenvalue weighted by Gasteiger charge is 2.18. The molecule has 1 heterocycles. The summed E-state index contributed by atoms with van der Waals surface area (Å²) in [7, 11) is 0. The first-order valence-corrected chi connectivity index (χ1v) is 9.68. The molecule has 3 heteroatoms. The van der Waals surface area contributed by atoms with E-state index in [0.717, 1.165) is 26.2 Å². The van der Waals surface area contributed by atoms with E-state index in [1.807, 2.05) is 0 Å². The zero-order chi connectivity index (χ0) is 18.5. The molecule has 2 aromatic carbocycles. The SMILES string of the molecule is C[C](C)CN1CCN(Cc2ccc(-c3cccc(CN)c3)cc2C)CC1. The minimum Gasteiger partial charge on any atom is -0.326 e. The van der Waals surface area contributed by atoms with Gasteiger partial charge in [0.05, 0.1) is 0 Å². The van der Waals surface area contributed by atoms with E-state index < -0.39 is 0 Å². The summed E-state index contributed by atoms with van der Waals surface area (Å²) in [6, 6.07) is 15.4. The third kappa shape index (κ3) is 4.94. The summed E-state index contributed by atoms with van der Waals surface area (Å²) in [5.41, 5.74) is 12.3. The number of piperazine rings is 1. The lowest BCUT2D eigenvalue weighted by atomic mass is 9.98. The van der Waals surface area contributed by atoms with Gasteiger partial charge >= 0.3 is 0 Å². The molecular formula is C23H32N3. The minimum atomic E-state index is 0.589. The molecule has 2 aromatic rings. The maximum Gasteiger partial charge on any atom is 0.0237 e. The number of rotatable bonds is 6. The van der Waals surface area contributed by atoms with Gasteiger partial charge in [-0.3, -0.25) is 4.90 Å². The van der Waals surface area contributed by atoms with Crippen LogP contribution in [0.5, 0.6) is 0 Å². The van der Waals surface area contributed by atoms with E-state index in [1.54, 1.807) is 0 Å². The Kier molecular flexibility index (Phi) is 6.47. The van der Waals surface area contributed by atoms with Crippen molar-refractivity contribution in [2.24, 2.45) is 5.73 Å². The van der Waals surface area contributed by atoms with Crippen molar-refractivity contribution in [1.82, 2.24) is 9.80 Å². The second kappa shape index (κ2) is 8.81. The Morgan fingerprint density at radius 2 is 1.62 bits per heavy atom. The van der Waals surface area contributed by atoms with Gasteiger partial charge in [0.15, 0.2) is 0 Å². The summed E-state index contributed by atoms with van der Waals surface area (Å²) < 4.78 is 0. The Morgan fingerprint density at radius 3 is 2.27 bits per heavy atom. The summed E-state index contributed by atoms with van der Waals surface area (Å²) in [6.45, 7) is 14.1. The lowest BCUT2D eigenvalue weighted by Gasteiger charge is -2.35. The third-order valence-electron chi connectivity index (χ3n) is 5.24. The first-order valence-electron chi connectivity index (χ1n) is 9.68. The zero-order valence-electron chi connectivity index (χ0n) is 16.5. The second-order valence-corrected chi connectivity index (χ2v) is 7.81. The standard InChI is InChI=1S/C23H32N3/c1-18(2)16-25-9-11-26(12-10-25)17-23-8-7-22(13-19(23)3)21-6-4-5-20(14-21)15-24/h4-8,13-14H,9-12,15-17,24H2,1-3H3. The van der Waals surface area contributed by atoms with Gasteiger partial charge in [-0.05, 0) is 46.7 Å². The molecule has 3 rings (SSSR count). The smallest absolute Gasteiger partial charge is 0.0237 e. The van der Waals surface area contributed by atoms with Crippen LogP contribution in [0.3, 0.4) is 0 Å². The average Bonchev–Trinajstić information content (AvgIpc) is 2.64. The molecule has 1 fully saturated rings. The van der Waals surface area contributed by atoms with E-state index >= 15 is 0 Å². The molecule has 26 heavy (non-hydrogen) atoms. The number of hydrogen-bond donors (Lipinski definition) is 1. The Hall–Kier alpha value is -1.68. The van der Waals surface area contributed by atoms with Crippen LogP contribution in [0.15, 0.2) is 42.5 Å². The fourth-order valence-electron chi connectivity index (χ4n) is 3.72. The molecular weight excluding hydrogens is 318 g/mol. The van der Waals surface area contributed by atoms with Crippen molar-refractivity contribution in [1.29, 1.82) is 0 Å². The molecule has 0 bridgehead atoms. The number of aryl methyl sites for hydroxylation is 1. The Morgan fingerprint density at radius 1 is 0.923 bits per heavy atom. The van der Waals surface area contributed by atoms with Crippen molar-refractivity contribution in [3.63, 3.8) is 0 Å². The van der Waals surface area contributed by atoms with Gasteiger partial charge in [-0.25, -0.2) is 0 Å². The van der Waals surface area contributed by atoms with Gasteiger partial charge in [0, 0.05) is 45.8 Å². The Labute approximate surface area is 158 Å². The van der Waals surface area contributed by atoms with Gasteiger partial charge in [0.25, 0.3) is 0 Å². The van der Waals surface area contributed by atoms with Crippen LogP contribution in [0.4, 0.5) is 0 Å². The monoisotopic (exact) mass is 350 g/mol. The van der Waals surface area contributed by atoms with Gasteiger partial charge in [-0.1, -0.05) is 50.2 Å². The quantitative estimate of drug-likeness (QED) is 0.859. The lowest BCUT2D eigenvalue weighted by molar-refractivity contribution is 0.131. The van der Waals surface area contributed by atoms with E-state index in [1.165, 1.54) is 46.8 Å². The highest BCUT2D eigenvalue weighted by molar-refractivity contribution is 5.65. The number of benzene rings is 2. The maximum absolute atomic E-state index is 5.78. The molecule has 2 N–H and O–H groups in total. The number of nitrogens with zero attached hydrogens (tertiary/aromatic N) is 2. The van der Waals surface area contributed by atoms with Gasteiger partial charge in [-0.15, -0.1) is 0 Å². The van der Waals surface area contributed by atoms with Gasteiger partial charge in [-0.2, -0.15) is 0 Å². The first-order chi connectivity index (χ1) is 12.5. The molecule has 0 aliphatic carbocycles. The van der Waals surface area contributed by atoms with Crippen LogP contribution in [0, 0.1) is 12.8 Å². The van der Waals surface area contributed by atoms with Crippen LogP contribution in [-0.4, -0.2) is 42.5 Å². The van der Waals surface area contributed by atoms with Crippen molar-refractivity contribution in [2.75, 3.05) is 32.7 Å². The maximum atomic E-state index is 5.78. The van der Waals surface area contributed by atoms with Crippen LogP contribution >= 0.6 is 0 Å². The Bertz CT molecular complexity index is 715.